The van der Waals surface area contributed by atoms with Crippen LogP contribution in [0.2, 0.25) is 0 Å². The van der Waals surface area contributed by atoms with E-state index in [1.807, 2.05) is 0 Å². The summed E-state index contributed by atoms with van der Waals surface area (Å²) >= 11 is 0. The highest BCUT2D eigenvalue weighted by atomic mass is 19.1. The Labute approximate surface area is 158 Å². The van der Waals surface area contributed by atoms with Crippen molar-refractivity contribution in [3.63, 3.8) is 0 Å². The van der Waals surface area contributed by atoms with Gasteiger partial charge in [-0.2, -0.15) is 15.1 Å². The van der Waals surface area contributed by atoms with E-state index in [1.165, 1.54) is 19.2 Å². The maximum absolute atomic E-state index is 13.1. The number of halogens is 1. The minimum absolute atomic E-state index is 0.0656. The van der Waals surface area contributed by atoms with E-state index < -0.39 is 22.5 Å². The fourth-order valence-electron chi connectivity index (χ4n) is 2.41. The summed E-state index contributed by atoms with van der Waals surface area (Å²) < 4.78 is 18.1. The number of aryl methyl sites for hydroxylation is 1. The van der Waals surface area contributed by atoms with Gasteiger partial charge in [0.05, 0.1) is 30.0 Å². The van der Waals surface area contributed by atoms with Gasteiger partial charge in [0, 0.05) is 11.8 Å². The molecule has 0 amide bonds. The molecule has 0 aromatic carbocycles. The monoisotopic (exact) mass is 388 g/mol. The van der Waals surface area contributed by atoms with Crippen LogP contribution in [0.25, 0.3) is 0 Å². The van der Waals surface area contributed by atoms with Crippen molar-refractivity contribution in [1.29, 1.82) is 0 Å². The average molecular weight is 388 g/mol. The molecule has 0 aliphatic heterocycles. The molecule has 3 heterocycles. The van der Waals surface area contributed by atoms with Crippen molar-refractivity contribution >= 4 is 23.3 Å². The molecule has 0 unspecified atom stereocenters. The highest BCUT2D eigenvalue weighted by molar-refractivity contribution is 5.69. The van der Waals surface area contributed by atoms with E-state index in [-0.39, 0.29) is 17.6 Å². The van der Waals surface area contributed by atoms with Gasteiger partial charge in [-0.15, -0.1) is 0 Å². The highest BCUT2D eigenvalue weighted by Gasteiger charge is 2.27. The summed E-state index contributed by atoms with van der Waals surface area (Å²) in [6, 6.07) is 4.06. The third-order valence-electron chi connectivity index (χ3n) is 3.72. The van der Waals surface area contributed by atoms with E-state index >= 15 is 0 Å². The molecule has 3 rings (SSSR count). The van der Waals surface area contributed by atoms with Gasteiger partial charge in [0.25, 0.3) is 0 Å². The zero-order valence-corrected chi connectivity index (χ0v) is 15.2. The molecule has 28 heavy (non-hydrogen) atoms. The minimum Gasteiger partial charge on any atom is -0.476 e. The lowest BCUT2D eigenvalue weighted by atomic mass is 10.2. The SMILES string of the molecule is COc1nc(N[C@@H](C)c2ccc(F)cn2)nc(Nc2cc(C)[nH]n2)c1[N+](=O)[O-]. The Kier molecular flexibility index (Phi) is 5.29. The Morgan fingerprint density at radius 2 is 2.14 bits per heavy atom. The van der Waals surface area contributed by atoms with E-state index in [0.29, 0.717) is 11.5 Å². The van der Waals surface area contributed by atoms with Gasteiger partial charge in [0.2, 0.25) is 11.8 Å². The van der Waals surface area contributed by atoms with Crippen LogP contribution in [0.5, 0.6) is 5.88 Å². The molecular formula is C16H17FN8O3. The first kappa shape index (κ1) is 18.9. The largest absolute Gasteiger partial charge is 0.476 e. The molecule has 0 radical (unpaired) electrons. The zero-order valence-electron chi connectivity index (χ0n) is 15.2. The summed E-state index contributed by atoms with van der Waals surface area (Å²) in [5.41, 5.74) is 0.876. The van der Waals surface area contributed by atoms with Gasteiger partial charge >= 0.3 is 11.6 Å². The second-order valence-corrected chi connectivity index (χ2v) is 5.84. The van der Waals surface area contributed by atoms with Crippen molar-refractivity contribution in [2.45, 2.75) is 19.9 Å². The molecule has 0 aliphatic rings. The first-order valence-electron chi connectivity index (χ1n) is 8.14. The number of ether oxygens (including phenoxy) is 1. The Morgan fingerprint density at radius 1 is 1.36 bits per heavy atom. The third-order valence-corrected chi connectivity index (χ3v) is 3.72. The molecule has 0 aliphatic carbocycles. The Morgan fingerprint density at radius 3 is 2.71 bits per heavy atom. The first-order chi connectivity index (χ1) is 13.4. The number of hydrogen-bond acceptors (Lipinski definition) is 9. The maximum Gasteiger partial charge on any atom is 0.373 e. The molecule has 0 spiro atoms. The van der Waals surface area contributed by atoms with Gasteiger partial charge in [0.1, 0.15) is 5.82 Å². The fraction of sp³-hybridized carbons (Fsp3) is 0.250. The van der Waals surface area contributed by atoms with Gasteiger partial charge in [-0.25, -0.2) is 4.39 Å². The first-order valence-corrected chi connectivity index (χ1v) is 8.14. The van der Waals surface area contributed by atoms with Crippen molar-refractivity contribution in [3.8, 4) is 5.88 Å². The Hall–Kier alpha value is -3.83. The van der Waals surface area contributed by atoms with E-state index in [2.05, 4.69) is 35.8 Å². The van der Waals surface area contributed by atoms with Crippen LogP contribution in [-0.2, 0) is 0 Å². The number of anilines is 3. The smallest absolute Gasteiger partial charge is 0.373 e. The van der Waals surface area contributed by atoms with Crippen LogP contribution >= 0.6 is 0 Å². The van der Waals surface area contributed by atoms with Crippen molar-refractivity contribution in [3.05, 3.63) is 51.7 Å². The lowest BCUT2D eigenvalue weighted by Gasteiger charge is -2.15. The number of pyridine rings is 1. The number of H-pyrrole nitrogens is 1. The summed E-state index contributed by atoms with van der Waals surface area (Å²) in [6.07, 6.45) is 1.09. The molecule has 12 heteroatoms. The molecule has 3 aromatic heterocycles. The predicted octanol–water partition coefficient (Wildman–Crippen LogP) is 2.88. The lowest BCUT2D eigenvalue weighted by molar-refractivity contribution is -0.385. The molecule has 146 valence electrons. The number of nitrogens with one attached hydrogen (secondary N) is 3. The number of nitro groups is 1. The number of hydrogen-bond donors (Lipinski definition) is 3. The van der Waals surface area contributed by atoms with Crippen molar-refractivity contribution in [2.24, 2.45) is 0 Å². The number of methoxy groups -OCH3 is 1. The molecule has 0 saturated carbocycles. The van der Waals surface area contributed by atoms with Crippen molar-refractivity contribution in [1.82, 2.24) is 25.1 Å². The Balaban J connectivity index is 1.95. The average Bonchev–Trinajstić information content (AvgIpc) is 3.06. The highest BCUT2D eigenvalue weighted by Crippen LogP contribution is 2.35. The standard InChI is InChI=1S/C16H17FN8O3/c1-8-6-12(24-23-8)20-14-13(25(26)27)15(28-3)22-16(21-14)19-9(2)11-5-4-10(17)7-18-11/h4-7,9H,1-3H3,(H3,19,20,21,22,23,24)/t9-/m0/s1. The van der Waals surface area contributed by atoms with Crippen LogP contribution in [-0.4, -0.2) is 37.2 Å². The van der Waals surface area contributed by atoms with Crippen molar-refractivity contribution in [2.75, 3.05) is 17.7 Å². The molecule has 1 atom stereocenters. The fourth-order valence-corrected chi connectivity index (χ4v) is 2.41. The molecule has 0 fully saturated rings. The van der Waals surface area contributed by atoms with Crippen LogP contribution in [0.4, 0.5) is 27.7 Å². The minimum atomic E-state index is -0.643. The number of aromatic nitrogens is 5. The lowest BCUT2D eigenvalue weighted by Crippen LogP contribution is -2.13. The number of nitrogens with zero attached hydrogens (tertiary/aromatic N) is 5. The topological polar surface area (TPSA) is 144 Å². The summed E-state index contributed by atoms with van der Waals surface area (Å²) in [6.45, 7) is 3.55. The summed E-state index contributed by atoms with van der Waals surface area (Å²) in [4.78, 5) is 23.1. The molecule has 3 N–H and O–H groups in total. The van der Waals surface area contributed by atoms with E-state index in [1.54, 1.807) is 19.9 Å². The second-order valence-electron chi connectivity index (χ2n) is 5.84. The van der Waals surface area contributed by atoms with Gasteiger partial charge in [-0.1, -0.05) is 0 Å². The third kappa shape index (κ3) is 4.11. The van der Waals surface area contributed by atoms with Gasteiger partial charge in [0.15, 0.2) is 5.82 Å². The van der Waals surface area contributed by atoms with Crippen LogP contribution < -0.4 is 15.4 Å². The molecule has 0 saturated heterocycles. The summed E-state index contributed by atoms with van der Waals surface area (Å²) in [5.74, 6) is -0.358. The van der Waals surface area contributed by atoms with Crippen LogP contribution in [0.3, 0.4) is 0 Å². The summed E-state index contributed by atoms with van der Waals surface area (Å²) in [7, 11) is 1.27. The molecule has 3 aromatic rings. The van der Waals surface area contributed by atoms with E-state index in [0.717, 1.165) is 11.9 Å². The Bertz CT molecular complexity index is 992. The van der Waals surface area contributed by atoms with Gasteiger partial charge in [-0.05, 0) is 26.0 Å². The quantitative estimate of drug-likeness (QED) is 0.411. The van der Waals surface area contributed by atoms with E-state index in [4.69, 9.17) is 4.74 Å². The van der Waals surface area contributed by atoms with Crippen LogP contribution in [0.15, 0.2) is 24.4 Å². The normalized spacial score (nSPS) is 11.7. The van der Waals surface area contributed by atoms with E-state index in [9.17, 15) is 14.5 Å². The second kappa shape index (κ2) is 7.82. The molecule has 11 nitrogen and oxygen atoms in total. The van der Waals surface area contributed by atoms with Gasteiger partial charge < -0.3 is 15.4 Å². The van der Waals surface area contributed by atoms with Crippen LogP contribution in [0.1, 0.15) is 24.4 Å². The molecular weight excluding hydrogens is 371 g/mol. The molecule has 0 bridgehead atoms. The maximum atomic E-state index is 13.1. The van der Waals surface area contributed by atoms with Crippen molar-refractivity contribution < 1.29 is 14.1 Å². The zero-order chi connectivity index (χ0) is 20.3. The summed E-state index contributed by atoms with van der Waals surface area (Å²) in [5, 5.41) is 24.0. The number of rotatable bonds is 7. The predicted molar refractivity (Wildman–Crippen MR) is 98.1 cm³/mol. The van der Waals surface area contributed by atoms with Gasteiger partial charge in [-0.3, -0.25) is 20.2 Å². The van der Waals surface area contributed by atoms with Crippen LogP contribution in [0, 0.1) is 22.9 Å². The number of aromatic amines is 1.